The fraction of sp³-hybridized carbons (Fsp3) is 0.474. The van der Waals surface area contributed by atoms with Gasteiger partial charge >= 0.3 is 0 Å². The Morgan fingerprint density at radius 2 is 2.08 bits per heavy atom. The molecule has 1 fully saturated rings. The number of aliphatic hydroxyl groups excluding tert-OH is 1. The second-order valence-corrected chi connectivity index (χ2v) is 6.41. The molecule has 1 atom stereocenters. The maximum Gasteiger partial charge on any atom is 0.272 e. The van der Waals surface area contributed by atoms with Crippen molar-refractivity contribution in [1.29, 1.82) is 0 Å². The van der Waals surface area contributed by atoms with Gasteiger partial charge in [-0.05, 0) is 37.3 Å². The summed E-state index contributed by atoms with van der Waals surface area (Å²) in [4.78, 5) is 15.0. The van der Waals surface area contributed by atoms with E-state index in [2.05, 4.69) is 5.10 Å². The summed E-state index contributed by atoms with van der Waals surface area (Å²) < 4.78 is 1.87. The van der Waals surface area contributed by atoms with E-state index in [-0.39, 0.29) is 18.6 Å². The Morgan fingerprint density at radius 3 is 2.67 bits per heavy atom. The predicted molar refractivity (Wildman–Crippen MR) is 92.6 cm³/mol. The van der Waals surface area contributed by atoms with E-state index in [1.165, 1.54) is 6.42 Å². The highest BCUT2D eigenvalue weighted by atomic mass is 16.3. The predicted octanol–water partition coefficient (Wildman–Crippen LogP) is 3.02. The maximum atomic E-state index is 13.2. The van der Waals surface area contributed by atoms with E-state index >= 15 is 0 Å². The Labute approximate surface area is 142 Å². The molecule has 24 heavy (non-hydrogen) atoms. The second kappa shape index (κ2) is 7.62. The summed E-state index contributed by atoms with van der Waals surface area (Å²) in [5, 5.41) is 14.1. The highest BCUT2D eigenvalue weighted by Gasteiger charge is 2.29. The summed E-state index contributed by atoms with van der Waals surface area (Å²) in [6, 6.07) is 11.9. The number of aliphatic hydroxyl groups is 1. The van der Waals surface area contributed by atoms with Crippen molar-refractivity contribution >= 4 is 5.91 Å². The molecular formula is C19H25N3O2. The number of benzene rings is 1. The Bertz CT molecular complexity index is 660. The van der Waals surface area contributed by atoms with Crippen molar-refractivity contribution in [2.45, 2.75) is 51.2 Å². The first-order valence-electron chi connectivity index (χ1n) is 8.73. The zero-order valence-electron chi connectivity index (χ0n) is 14.1. The number of aromatic nitrogens is 2. The van der Waals surface area contributed by atoms with Crippen LogP contribution in [-0.2, 0) is 6.54 Å². The van der Waals surface area contributed by atoms with E-state index in [4.69, 9.17) is 0 Å². The molecule has 3 rings (SSSR count). The fourth-order valence-electron chi connectivity index (χ4n) is 3.15. The normalized spacial score (nSPS) is 15.8. The number of hydrogen-bond acceptors (Lipinski definition) is 3. The van der Waals surface area contributed by atoms with Crippen molar-refractivity contribution in [3.8, 4) is 0 Å². The molecule has 5 nitrogen and oxygen atoms in total. The molecule has 0 spiro atoms. The summed E-state index contributed by atoms with van der Waals surface area (Å²) in [6.07, 6.45) is 5.77. The molecule has 1 amide bonds. The Kier molecular flexibility index (Phi) is 5.30. The molecule has 1 N–H and O–H groups in total. The maximum absolute atomic E-state index is 13.2. The number of carbonyl (C=O) groups is 1. The zero-order chi connectivity index (χ0) is 16.9. The molecule has 1 heterocycles. The summed E-state index contributed by atoms with van der Waals surface area (Å²) in [7, 11) is 0. The number of amides is 1. The van der Waals surface area contributed by atoms with Gasteiger partial charge < -0.3 is 10.0 Å². The van der Waals surface area contributed by atoms with E-state index in [0.29, 0.717) is 24.7 Å². The largest absolute Gasteiger partial charge is 0.394 e. The smallest absolute Gasteiger partial charge is 0.272 e. The monoisotopic (exact) mass is 327 g/mol. The van der Waals surface area contributed by atoms with Crippen LogP contribution < -0.4 is 0 Å². The molecular weight excluding hydrogens is 302 g/mol. The van der Waals surface area contributed by atoms with Gasteiger partial charge in [0.25, 0.3) is 5.91 Å². The molecule has 1 aromatic heterocycles. The van der Waals surface area contributed by atoms with Gasteiger partial charge in [-0.2, -0.15) is 5.10 Å². The zero-order valence-corrected chi connectivity index (χ0v) is 14.1. The molecule has 1 aliphatic rings. The van der Waals surface area contributed by atoms with Crippen LogP contribution in [0.15, 0.2) is 42.6 Å². The minimum Gasteiger partial charge on any atom is -0.394 e. The molecule has 128 valence electrons. The van der Waals surface area contributed by atoms with Gasteiger partial charge in [0.2, 0.25) is 0 Å². The summed E-state index contributed by atoms with van der Waals surface area (Å²) >= 11 is 0. The molecule has 1 saturated carbocycles. The lowest BCUT2D eigenvalue weighted by Gasteiger charge is -2.32. The first-order valence-corrected chi connectivity index (χ1v) is 8.73. The average Bonchev–Trinajstić information content (AvgIpc) is 3.03. The van der Waals surface area contributed by atoms with Crippen molar-refractivity contribution in [2.24, 2.45) is 0 Å². The van der Waals surface area contributed by atoms with Crippen LogP contribution >= 0.6 is 0 Å². The lowest BCUT2D eigenvalue weighted by molar-refractivity contribution is 0.0544. The van der Waals surface area contributed by atoms with Crippen LogP contribution in [0.3, 0.4) is 0 Å². The van der Waals surface area contributed by atoms with Crippen molar-refractivity contribution < 1.29 is 9.90 Å². The number of hydrogen-bond donors (Lipinski definition) is 1. The van der Waals surface area contributed by atoms with Crippen LogP contribution in [0.25, 0.3) is 0 Å². The standard InChI is InChI=1S/C19H25N3O2/c1-2-16(14-23)21(13-15-7-4-3-5-8-15)19(24)18-11-12-20-22(18)17-9-6-10-17/h3-5,7-8,11-12,16-17,23H,2,6,9-10,13-14H2,1H3/t16-/m1/s1. The van der Waals surface area contributed by atoms with Gasteiger partial charge in [0, 0.05) is 12.7 Å². The molecule has 5 heteroatoms. The third kappa shape index (κ3) is 3.36. The van der Waals surface area contributed by atoms with Crippen molar-refractivity contribution in [2.75, 3.05) is 6.61 Å². The number of rotatable bonds is 7. The molecule has 1 aromatic carbocycles. The molecule has 0 saturated heterocycles. The topological polar surface area (TPSA) is 58.4 Å². The van der Waals surface area contributed by atoms with Crippen LogP contribution in [0.2, 0.25) is 0 Å². The molecule has 1 aliphatic carbocycles. The summed E-state index contributed by atoms with van der Waals surface area (Å²) in [6.45, 7) is 2.45. The first kappa shape index (κ1) is 16.7. The quantitative estimate of drug-likeness (QED) is 0.850. The van der Waals surface area contributed by atoms with Crippen molar-refractivity contribution in [1.82, 2.24) is 14.7 Å². The number of carbonyl (C=O) groups excluding carboxylic acids is 1. The number of nitrogens with zero attached hydrogens (tertiary/aromatic N) is 3. The van der Waals surface area contributed by atoms with Crippen LogP contribution in [0.1, 0.15) is 54.7 Å². The Hall–Kier alpha value is -2.14. The van der Waals surface area contributed by atoms with E-state index < -0.39 is 0 Å². The Morgan fingerprint density at radius 1 is 1.33 bits per heavy atom. The van der Waals surface area contributed by atoms with Gasteiger partial charge in [-0.3, -0.25) is 9.48 Å². The summed E-state index contributed by atoms with van der Waals surface area (Å²) in [5.74, 6) is -0.0517. The fourth-order valence-corrected chi connectivity index (χ4v) is 3.15. The van der Waals surface area contributed by atoms with Gasteiger partial charge in [0.15, 0.2) is 0 Å². The highest BCUT2D eigenvalue weighted by molar-refractivity contribution is 5.92. The van der Waals surface area contributed by atoms with Gasteiger partial charge in [0.05, 0.1) is 18.7 Å². The third-order valence-electron chi connectivity index (χ3n) is 4.89. The van der Waals surface area contributed by atoms with Gasteiger partial charge in [0.1, 0.15) is 5.69 Å². The van der Waals surface area contributed by atoms with Crippen LogP contribution in [0.5, 0.6) is 0 Å². The molecule has 0 unspecified atom stereocenters. The summed E-state index contributed by atoms with van der Waals surface area (Å²) in [5.41, 5.74) is 1.69. The Balaban J connectivity index is 1.87. The average molecular weight is 327 g/mol. The second-order valence-electron chi connectivity index (χ2n) is 6.41. The lowest BCUT2D eigenvalue weighted by atomic mass is 9.93. The SMILES string of the molecule is CC[C@H](CO)N(Cc1ccccc1)C(=O)c1ccnn1C1CCC1. The van der Waals surface area contributed by atoms with Crippen LogP contribution in [0.4, 0.5) is 0 Å². The minimum absolute atomic E-state index is 0.0351. The van der Waals surface area contributed by atoms with Gasteiger partial charge in [-0.1, -0.05) is 37.3 Å². The van der Waals surface area contributed by atoms with Crippen LogP contribution in [0, 0.1) is 0 Å². The molecule has 0 bridgehead atoms. The van der Waals surface area contributed by atoms with Crippen molar-refractivity contribution in [3.63, 3.8) is 0 Å². The third-order valence-corrected chi connectivity index (χ3v) is 4.89. The van der Waals surface area contributed by atoms with E-state index in [1.807, 2.05) is 41.9 Å². The first-order chi connectivity index (χ1) is 11.7. The highest BCUT2D eigenvalue weighted by Crippen LogP contribution is 2.32. The molecule has 0 radical (unpaired) electrons. The van der Waals surface area contributed by atoms with Gasteiger partial charge in [-0.15, -0.1) is 0 Å². The van der Waals surface area contributed by atoms with E-state index in [1.54, 1.807) is 17.2 Å². The van der Waals surface area contributed by atoms with E-state index in [9.17, 15) is 9.90 Å². The van der Waals surface area contributed by atoms with Crippen molar-refractivity contribution in [3.05, 3.63) is 53.9 Å². The van der Waals surface area contributed by atoms with Gasteiger partial charge in [-0.25, -0.2) is 0 Å². The molecule has 0 aliphatic heterocycles. The molecule has 2 aromatic rings. The minimum atomic E-state index is -0.192. The van der Waals surface area contributed by atoms with E-state index in [0.717, 1.165) is 18.4 Å². The lowest BCUT2D eigenvalue weighted by Crippen LogP contribution is -2.43. The van der Waals surface area contributed by atoms with Crippen LogP contribution in [-0.4, -0.2) is 38.3 Å².